The zero-order chi connectivity index (χ0) is 27.7. The van der Waals surface area contributed by atoms with Crippen molar-refractivity contribution in [2.75, 3.05) is 0 Å². The van der Waals surface area contributed by atoms with Gasteiger partial charge in [0.15, 0.2) is 5.96 Å². The largest absolute Gasteiger partial charge is 0.485 e. The fourth-order valence-electron chi connectivity index (χ4n) is 5.55. The number of nitrogens with two attached hydrogens (primary N) is 1. The second-order valence-electron chi connectivity index (χ2n) is 10.9. The normalized spacial score (nSPS) is 22.6. The van der Waals surface area contributed by atoms with Gasteiger partial charge in [-0.15, -0.1) is 0 Å². The minimum absolute atomic E-state index is 0.0429. The number of para-hydroxylation sites is 1. The first kappa shape index (κ1) is 27.6. The number of amides is 2. The SMILES string of the molecule is CCC[C@H](c1cccc(C(=O)N[C@@H]2c3ccccc3OC(C)(C)[C@H]2O)c1)N1C(=O)CC(CC)(CC)N=C1N. The van der Waals surface area contributed by atoms with E-state index in [0.717, 1.165) is 30.4 Å². The summed E-state index contributed by atoms with van der Waals surface area (Å²) in [7, 11) is 0. The molecule has 4 rings (SSSR count). The van der Waals surface area contributed by atoms with Gasteiger partial charge in [0, 0.05) is 11.1 Å². The number of carbonyl (C=O) groups is 2. The molecule has 0 saturated carbocycles. The van der Waals surface area contributed by atoms with Gasteiger partial charge in [0.25, 0.3) is 5.91 Å². The Labute approximate surface area is 225 Å². The molecule has 8 heteroatoms. The number of ether oxygens (including phenoxy) is 1. The Kier molecular flexibility index (Phi) is 7.83. The Bertz CT molecular complexity index is 1220. The van der Waals surface area contributed by atoms with Crippen LogP contribution in [-0.4, -0.2) is 45.0 Å². The maximum atomic E-state index is 13.5. The first-order chi connectivity index (χ1) is 18.1. The molecule has 38 heavy (non-hydrogen) atoms. The maximum Gasteiger partial charge on any atom is 0.251 e. The van der Waals surface area contributed by atoms with Crippen LogP contribution in [-0.2, 0) is 4.79 Å². The summed E-state index contributed by atoms with van der Waals surface area (Å²) in [5.74, 6) is 0.515. The molecule has 0 spiro atoms. The van der Waals surface area contributed by atoms with Crippen LogP contribution in [0.15, 0.2) is 53.5 Å². The van der Waals surface area contributed by atoms with Crippen LogP contribution in [0.25, 0.3) is 0 Å². The molecule has 0 unspecified atom stereocenters. The molecule has 3 atom stereocenters. The molecular weight excluding hydrogens is 480 g/mol. The summed E-state index contributed by atoms with van der Waals surface area (Å²) in [6.07, 6.45) is 2.37. The highest BCUT2D eigenvalue weighted by atomic mass is 16.5. The molecule has 2 heterocycles. The smallest absolute Gasteiger partial charge is 0.251 e. The highest BCUT2D eigenvalue weighted by Crippen LogP contribution is 2.40. The lowest BCUT2D eigenvalue weighted by molar-refractivity contribution is -0.131. The number of hydrogen-bond acceptors (Lipinski definition) is 6. The van der Waals surface area contributed by atoms with Crippen molar-refractivity contribution < 1.29 is 19.4 Å². The Hall–Kier alpha value is -3.39. The Morgan fingerprint density at radius 3 is 2.55 bits per heavy atom. The third-order valence-corrected chi connectivity index (χ3v) is 8.01. The van der Waals surface area contributed by atoms with Gasteiger partial charge in [-0.2, -0.15) is 0 Å². The summed E-state index contributed by atoms with van der Waals surface area (Å²) >= 11 is 0. The van der Waals surface area contributed by atoms with E-state index in [4.69, 9.17) is 15.5 Å². The number of aliphatic hydroxyl groups is 1. The summed E-state index contributed by atoms with van der Waals surface area (Å²) in [6, 6.07) is 13.7. The molecule has 8 nitrogen and oxygen atoms in total. The number of benzene rings is 2. The highest BCUT2D eigenvalue weighted by molar-refractivity contribution is 6.00. The second kappa shape index (κ2) is 10.8. The molecule has 0 radical (unpaired) electrons. The van der Waals surface area contributed by atoms with E-state index in [2.05, 4.69) is 12.2 Å². The predicted octanol–water partition coefficient (Wildman–Crippen LogP) is 4.64. The maximum absolute atomic E-state index is 13.5. The number of carbonyl (C=O) groups excluding carboxylic acids is 2. The van der Waals surface area contributed by atoms with Crippen molar-refractivity contribution in [3.63, 3.8) is 0 Å². The van der Waals surface area contributed by atoms with Gasteiger partial charge >= 0.3 is 0 Å². The van der Waals surface area contributed by atoms with Crippen molar-refractivity contribution in [2.24, 2.45) is 10.7 Å². The van der Waals surface area contributed by atoms with Crippen LogP contribution in [0.1, 0.15) is 100 Å². The monoisotopic (exact) mass is 520 g/mol. The number of guanidine groups is 1. The summed E-state index contributed by atoms with van der Waals surface area (Å²) in [6.45, 7) is 9.72. The first-order valence-electron chi connectivity index (χ1n) is 13.6. The van der Waals surface area contributed by atoms with Crippen molar-refractivity contribution >= 4 is 17.8 Å². The summed E-state index contributed by atoms with van der Waals surface area (Å²) in [5, 5.41) is 14.1. The minimum Gasteiger partial charge on any atom is -0.485 e. The van der Waals surface area contributed by atoms with E-state index in [1.807, 2.05) is 50.2 Å². The average molecular weight is 521 g/mol. The molecule has 2 aliphatic rings. The van der Waals surface area contributed by atoms with Crippen molar-refractivity contribution in [3.05, 3.63) is 65.2 Å². The fraction of sp³-hybridized carbons (Fsp3) is 0.500. The second-order valence-corrected chi connectivity index (χ2v) is 10.9. The Morgan fingerprint density at radius 2 is 1.89 bits per heavy atom. The van der Waals surface area contributed by atoms with E-state index in [1.165, 1.54) is 0 Å². The molecule has 204 valence electrons. The van der Waals surface area contributed by atoms with Crippen molar-refractivity contribution in [1.82, 2.24) is 10.2 Å². The molecule has 4 N–H and O–H groups in total. The lowest BCUT2D eigenvalue weighted by atomic mass is 9.86. The number of hydrogen-bond donors (Lipinski definition) is 3. The molecule has 0 bridgehead atoms. The van der Waals surface area contributed by atoms with E-state index >= 15 is 0 Å². The predicted molar refractivity (Wildman–Crippen MR) is 148 cm³/mol. The van der Waals surface area contributed by atoms with E-state index in [1.54, 1.807) is 30.9 Å². The lowest BCUT2D eigenvalue weighted by Gasteiger charge is -2.42. The topological polar surface area (TPSA) is 117 Å². The van der Waals surface area contributed by atoms with Crippen LogP contribution in [0, 0.1) is 0 Å². The van der Waals surface area contributed by atoms with E-state index in [0.29, 0.717) is 24.2 Å². The molecule has 2 aliphatic heterocycles. The van der Waals surface area contributed by atoms with Crippen LogP contribution >= 0.6 is 0 Å². The molecule has 0 aromatic heterocycles. The summed E-state index contributed by atoms with van der Waals surface area (Å²) in [5.41, 5.74) is 7.06. The van der Waals surface area contributed by atoms with Gasteiger partial charge in [-0.3, -0.25) is 14.5 Å². The average Bonchev–Trinajstić information content (AvgIpc) is 2.90. The molecule has 2 aromatic rings. The summed E-state index contributed by atoms with van der Waals surface area (Å²) in [4.78, 5) is 33.2. The van der Waals surface area contributed by atoms with Crippen molar-refractivity contribution in [1.29, 1.82) is 0 Å². The van der Waals surface area contributed by atoms with Gasteiger partial charge in [-0.25, -0.2) is 4.99 Å². The van der Waals surface area contributed by atoms with Gasteiger partial charge in [-0.05, 0) is 56.9 Å². The highest BCUT2D eigenvalue weighted by Gasteiger charge is 2.44. The fourth-order valence-corrected chi connectivity index (χ4v) is 5.55. The van der Waals surface area contributed by atoms with E-state index in [9.17, 15) is 14.7 Å². The van der Waals surface area contributed by atoms with Crippen LogP contribution in [0.4, 0.5) is 0 Å². The first-order valence-corrected chi connectivity index (χ1v) is 13.6. The van der Waals surface area contributed by atoms with Gasteiger partial charge in [0.2, 0.25) is 5.91 Å². The molecule has 2 amide bonds. The Morgan fingerprint density at radius 1 is 1.18 bits per heavy atom. The van der Waals surface area contributed by atoms with E-state index in [-0.39, 0.29) is 23.8 Å². The molecule has 0 saturated heterocycles. The number of fused-ring (bicyclic) bond motifs is 1. The van der Waals surface area contributed by atoms with Gasteiger partial charge in [0.05, 0.1) is 24.0 Å². The third-order valence-electron chi connectivity index (χ3n) is 8.01. The van der Waals surface area contributed by atoms with Crippen molar-refractivity contribution in [3.8, 4) is 5.75 Å². The number of rotatable bonds is 8. The van der Waals surface area contributed by atoms with Gasteiger partial charge < -0.3 is 20.9 Å². The molecule has 0 fully saturated rings. The van der Waals surface area contributed by atoms with Gasteiger partial charge in [0.1, 0.15) is 17.5 Å². The third kappa shape index (κ3) is 5.14. The number of aliphatic hydroxyl groups excluding tert-OH is 1. The van der Waals surface area contributed by atoms with Crippen LogP contribution in [0.2, 0.25) is 0 Å². The zero-order valence-electron chi connectivity index (χ0n) is 23.0. The molecule has 0 aliphatic carbocycles. The standard InChI is InChI=1S/C30H40N4O4/c1-6-12-22(34-24(35)18-30(7-2,8-3)33-28(34)31)19-13-11-14-20(17-19)27(37)32-25-21-15-9-10-16-23(21)38-29(4,5)26(25)36/h9-11,13-17,22,25-26,36H,6-8,12,18H2,1-5H3,(H2,31,33)(H,32,37)/t22-,25-,26+/m1/s1. The summed E-state index contributed by atoms with van der Waals surface area (Å²) < 4.78 is 5.98. The molecular formula is C30H40N4O4. The number of aliphatic imine (C=N–C) groups is 1. The quantitative estimate of drug-likeness (QED) is 0.469. The molecule has 2 aromatic carbocycles. The zero-order valence-corrected chi connectivity index (χ0v) is 23.0. The van der Waals surface area contributed by atoms with E-state index < -0.39 is 23.3 Å². The lowest BCUT2D eigenvalue weighted by Crippen LogP contribution is -2.53. The Balaban J connectivity index is 1.63. The number of nitrogens with one attached hydrogen (secondary N) is 1. The number of nitrogens with zero attached hydrogens (tertiary/aromatic N) is 2. The van der Waals surface area contributed by atoms with Gasteiger partial charge in [-0.1, -0.05) is 57.5 Å². The van der Waals surface area contributed by atoms with Crippen molar-refractivity contribution in [2.45, 2.75) is 96.1 Å². The van der Waals surface area contributed by atoms with Crippen LogP contribution in [0.3, 0.4) is 0 Å². The van der Waals surface area contributed by atoms with Crippen LogP contribution in [0.5, 0.6) is 5.75 Å². The van der Waals surface area contributed by atoms with Crippen LogP contribution < -0.4 is 15.8 Å². The minimum atomic E-state index is -0.947.